The highest BCUT2D eigenvalue weighted by molar-refractivity contribution is 8.03. The van der Waals surface area contributed by atoms with E-state index in [2.05, 4.69) is 0 Å². The lowest BCUT2D eigenvalue weighted by atomic mass is 9.99. The fourth-order valence-corrected chi connectivity index (χ4v) is 4.40. The number of rotatable bonds is 8. The van der Waals surface area contributed by atoms with Gasteiger partial charge in [0.25, 0.3) is 11.8 Å². The summed E-state index contributed by atoms with van der Waals surface area (Å²) in [5.41, 5.74) is 4.63. The maximum atomic E-state index is 13.2. The van der Waals surface area contributed by atoms with Crippen molar-refractivity contribution in [2.75, 3.05) is 20.3 Å². The zero-order chi connectivity index (χ0) is 20.1. The molecule has 1 aliphatic rings. The fraction of sp³-hybridized carbons (Fsp3) is 0.304. The van der Waals surface area contributed by atoms with Crippen LogP contribution in [0.1, 0.15) is 28.7 Å². The Morgan fingerprint density at radius 3 is 2.43 bits per heavy atom. The maximum Gasteiger partial charge on any atom is 0.267 e. The summed E-state index contributed by atoms with van der Waals surface area (Å²) < 4.78 is 5.08. The van der Waals surface area contributed by atoms with E-state index in [0.717, 1.165) is 22.3 Å². The number of hydrogen-bond acceptors (Lipinski definition) is 4. The van der Waals surface area contributed by atoms with Crippen molar-refractivity contribution in [1.29, 1.82) is 0 Å². The van der Waals surface area contributed by atoms with E-state index >= 15 is 0 Å². The maximum absolute atomic E-state index is 13.2. The van der Waals surface area contributed by atoms with Crippen LogP contribution in [0, 0.1) is 13.8 Å². The lowest BCUT2D eigenvalue weighted by Gasteiger charge is -2.15. The van der Waals surface area contributed by atoms with Crippen LogP contribution in [0.5, 0.6) is 0 Å². The number of carbonyl (C=O) groups is 2. The van der Waals surface area contributed by atoms with E-state index in [9.17, 15) is 9.59 Å². The van der Waals surface area contributed by atoms with Gasteiger partial charge in [0.05, 0.1) is 10.5 Å². The quantitative estimate of drug-likeness (QED) is 0.492. The Morgan fingerprint density at radius 2 is 1.75 bits per heavy atom. The second-order valence-electron chi connectivity index (χ2n) is 6.91. The number of methoxy groups -OCH3 is 1. The van der Waals surface area contributed by atoms with Crippen LogP contribution in [0.25, 0.3) is 5.57 Å². The van der Waals surface area contributed by atoms with Crippen molar-refractivity contribution in [3.63, 3.8) is 0 Å². The molecule has 0 bridgehead atoms. The molecule has 0 aliphatic carbocycles. The van der Waals surface area contributed by atoms with Gasteiger partial charge in [0.2, 0.25) is 0 Å². The van der Waals surface area contributed by atoms with Crippen LogP contribution in [0.4, 0.5) is 0 Å². The SMILES string of the molecule is COCCCN1C(=O)C(SCc2ccccc2)=C(c2ccc(C)cc2C)C1=O. The molecule has 2 aromatic carbocycles. The van der Waals surface area contributed by atoms with Crippen LogP contribution >= 0.6 is 11.8 Å². The molecule has 0 saturated heterocycles. The molecule has 0 unspecified atom stereocenters. The number of benzene rings is 2. The van der Waals surface area contributed by atoms with Crippen molar-refractivity contribution in [2.24, 2.45) is 0 Å². The van der Waals surface area contributed by atoms with Crippen LogP contribution in [-0.2, 0) is 20.1 Å². The van der Waals surface area contributed by atoms with E-state index in [-0.39, 0.29) is 11.8 Å². The summed E-state index contributed by atoms with van der Waals surface area (Å²) in [6.07, 6.45) is 0.630. The average Bonchev–Trinajstić information content (AvgIpc) is 2.91. The standard InChI is InChI=1S/C23H25NO3S/c1-16-10-11-19(17(2)14-16)20-21(28-15-18-8-5-4-6-9-18)23(26)24(22(20)25)12-7-13-27-3/h4-6,8-11,14H,7,12-13,15H2,1-3H3. The fourth-order valence-electron chi connectivity index (χ4n) is 3.32. The van der Waals surface area contributed by atoms with Gasteiger partial charge in [-0.15, -0.1) is 11.8 Å². The summed E-state index contributed by atoms with van der Waals surface area (Å²) in [5.74, 6) is 0.246. The first-order chi connectivity index (χ1) is 13.5. The van der Waals surface area contributed by atoms with E-state index in [1.54, 1.807) is 7.11 Å². The topological polar surface area (TPSA) is 46.6 Å². The van der Waals surface area contributed by atoms with Gasteiger partial charge in [0.15, 0.2) is 0 Å². The monoisotopic (exact) mass is 395 g/mol. The molecule has 0 N–H and O–H groups in total. The highest BCUT2D eigenvalue weighted by Crippen LogP contribution is 2.38. The van der Waals surface area contributed by atoms with Gasteiger partial charge in [-0.05, 0) is 37.0 Å². The summed E-state index contributed by atoms with van der Waals surface area (Å²) in [6.45, 7) is 4.90. The summed E-state index contributed by atoms with van der Waals surface area (Å²) in [4.78, 5) is 28.1. The van der Waals surface area contributed by atoms with Crippen LogP contribution in [0.15, 0.2) is 53.4 Å². The van der Waals surface area contributed by atoms with Gasteiger partial charge in [0, 0.05) is 26.0 Å². The normalized spacial score (nSPS) is 14.3. The van der Waals surface area contributed by atoms with E-state index in [0.29, 0.717) is 35.8 Å². The zero-order valence-corrected chi connectivity index (χ0v) is 17.3. The van der Waals surface area contributed by atoms with Crippen LogP contribution in [0.2, 0.25) is 0 Å². The average molecular weight is 396 g/mol. The summed E-state index contributed by atoms with van der Waals surface area (Å²) in [5, 5.41) is 0. The van der Waals surface area contributed by atoms with Crippen LogP contribution in [-0.4, -0.2) is 37.0 Å². The Morgan fingerprint density at radius 1 is 1.00 bits per heavy atom. The lowest BCUT2D eigenvalue weighted by Crippen LogP contribution is -2.33. The van der Waals surface area contributed by atoms with Crippen molar-refractivity contribution in [3.05, 3.63) is 75.7 Å². The molecule has 28 heavy (non-hydrogen) atoms. The second-order valence-corrected chi connectivity index (χ2v) is 7.89. The minimum absolute atomic E-state index is 0.197. The number of nitrogens with zero attached hydrogens (tertiary/aromatic N) is 1. The lowest BCUT2D eigenvalue weighted by molar-refractivity contribution is -0.136. The molecule has 1 aliphatic heterocycles. The number of hydrogen-bond donors (Lipinski definition) is 0. The molecule has 1 heterocycles. The number of aryl methyl sites for hydroxylation is 2. The molecule has 2 amide bonds. The van der Waals surface area contributed by atoms with E-state index < -0.39 is 0 Å². The zero-order valence-electron chi connectivity index (χ0n) is 16.5. The predicted molar refractivity (Wildman–Crippen MR) is 114 cm³/mol. The van der Waals surface area contributed by atoms with Gasteiger partial charge in [-0.25, -0.2) is 0 Å². The third kappa shape index (κ3) is 4.37. The Hall–Kier alpha value is -2.37. The van der Waals surface area contributed by atoms with Crippen LogP contribution in [0.3, 0.4) is 0 Å². The number of amides is 2. The third-order valence-electron chi connectivity index (χ3n) is 4.73. The molecule has 0 spiro atoms. The van der Waals surface area contributed by atoms with Crippen molar-refractivity contribution < 1.29 is 14.3 Å². The first-order valence-corrected chi connectivity index (χ1v) is 10.3. The molecule has 4 nitrogen and oxygen atoms in total. The van der Waals surface area contributed by atoms with Crippen LogP contribution < -0.4 is 0 Å². The predicted octanol–water partition coefficient (Wildman–Crippen LogP) is 4.35. The van der Waals surface area contributed by atoms with Gasteiger partial charge in [-0.3, -0.25) is 14.5 Å². The van der Waals surface area contributed by atoms with Gasteiger partial charge in [-0.2, -0.15) is 0 Å². The van der Waals surface area contributed by atoms with Crippen molar-refractivity contribution >= 4 is 29.1 Å². The molecule has 0 fully saturated rings. The Labute approximate surface area is 170 Å². The van der Waals surface area contributed by atoms with Crippen molar-refractivity contribution in [3.8, 4) is 0 Å². The van der Waals surface area contributed by atoms with Gasteiger partial charge in [-0.1, -0.05) is 54.1 Å². The van der Waals surface area contributed by atoms with Gasteiger partial charge in [0.1, 0.15) is 0 Å². The molecule has 146 valence electrons. The molecule has 0 radical (unpaired) electrons. The number of ether oxygens (including phenoxy) is 1. The highest BCUT2D eigenvalue weighted by atomic mass is 32.2. The molecule has 3 rings (SSSR count). The third-order valence-corrected chi connectivity index (χ3v) is 5.88. The number of carbonyl (C=O) groups excluding carboxylic acids is 2. The van der Waals surface area contributed by atoms with Crippen molar-refractivity contribution in [2.45, 2.75) is 26.0 Å². The Kier molecular flexibility index (Phi) is 6.70. The van der Waals surface area contributed by atoms with Gasteiger partial charge >= 0.3 is 0 Å². The Balaban J connectivity index is 1.95. The first kappa shape index (κ1) is 20.4. The largest absolute Gasteiger partial charge is 0.385 e. The Bertz CT molecular complexity index is 905. The van der Waals surface area contributed by atoms with E-state index in [1.165, 1.54) is 16.7 Å². The highest BCUT2D eigenvalue weighted by Gasteiger charge is 2.39. The van der Waals surface area contributed by atoms with Crippen molar-refractivity contribution in [1.82, 2.24) is 4.90 Å². The molecular formula is C23H25NO3S. The number of thioether (sulfide) groups is 1. The molecule has 0 aromatic heterocycles. The second kappa shape index (κ2) is 9.22. The van der Waals surface area contributed by atoms with Gasteiger partial charge < -0.3 is 4.74 Å². The summed E-state index contributed by atoms with van der Waals surface area (Å²) in [7, 11) is 1.62. The number of imide groups is 1. The van der Waals surface area contributed by atoms with E-state index in [4.69, 9.17) is 4.74 Å². The molecule has 2 aromatic rings. The first-order valence-electron chi connectivity index (χ1n) is 9.36. The summed E-state index contributed by atoms with van der Waals surface area (Å²) >= 11 is 1.44. The molecular weight excluding hydrogens is 370 g/mol. The van der Waals surface area contributed by atoms with E-state index in [1.807, 2.05) is 62.4 Å². The molecule has 0 atom stereocenters. The molecule has 5 heteroatoms. The molecule has 0 saturated carbocycles. The minimum Gasteiger partial charge on any atom is -0.385 e. The minimum atomic E-state index is -0.205. The smallest absolute Gasteiger partial charge is 0.267 e. The summed E-state index contributed by atoms with van der Waals surface area (Å²) in [6, 6.07) is 16.0.